The third-order valence-corrected chi connectivity index (χ3v) is 9.49. The van der Waals surface area contributed by atoms with Crippen LogP contribution in [-0.4, -0.2) is 48.4 Å². The largest absolute Gasteiger partial charge is 0.339 e. The molecule has 200 valence electrons. The molecule has 9 nitrogen and oxygen atoms in total. The highest BCUT2D eigenvalue weighted by molar-refractivity contribution is 7.92. The van der Waals surface area contributed by atoms with E-state index in [0.717, 1.165) is 29.4 Å². The van der Waals surface area contributed by atoms with Gasteiger partial charge in [-0.2, -0.15) is 0 Å². The average Bonchev–Trinajstić information content (AvgIpc) is 3.48. The van der Waals surface area contributed by atoms with Gasteiger partial charge in [0, 0.05) is 19.6 Å². The van der Waals surface area contributed by atoms with Crippen LogP contribution in [0.1, 0.15) is 35.2 Å². The molecule has 6 rings (SSSR count). The molecule has 0 radical (unpaired) electrons. The number of fused-ring (bicyclic) bond motifs is 2. The van der Waals surface area contributed by atoms with Gasteiger partial charge in [-0.3, -0.25) is 13.9 Å². The number of hydrogen-bond donors (Lipinski definition) is 1. The summed E-state index contributed by atoms with van der Waals surface area (Å²) in [7, 11) is -4.04. The van der Waals surface area contributed by atoms with Gasteiger partial charge in [-0.05, 0) is 67.6 Å². The van der Waals surface area contributed by atoms with E-state index in [9.17, 15) is 22.8 Å². The number of benzene rings is 3. The zero-order valence-corrected chi connectivity index (χ0v) is 22.5. The lowest BCUT2D eigenvalue weighted by molar-refractivity contribution is 0.0794. The number of para-hydroxylation sites is 1. The Morgan fingerprint density at radius 2 is 1.64 bits per heavy atom. The summed E-state index contributed by atoms with van der Waals surface area (Å²) in [5.41, 5.74) is 0.296. The van der Waals surface area contributed by atoms with Crippen LogP contribution in [0.25, 0.3) is 16.6 Å². The molecule has 1 saturated heterocycles. The quantitative estimate of drug-likeness (QED) is 0.406. The maximum atomic E-state index is 13.8. The van der Waals surface area contributed by atoms with Crippen molar-refractivity contribution in [3.05, 3.63) is 97.7 Å². The molecule has 2 aliphatic heterocycles. The fraction of sp³-hybridized carbons (Fsp3) is 0.250. The zero-order chi connectivity index (χ0) is 27.3. The number of likely N-dealkylation sites (tertiary alicyclic amines) is 1. The Morgan fingerprint density at radius 3 is 2.44 bits per heavy atom. The third kappa shape index (κ3) is 4.24. The second kappa shape index (κ2) is 9.69. The van der Waals surface area contributed by atoms with Crippen LogP contribution in [-0.2, 0) is 16.4 Å². The number of nitrogens with one attached hydrogen (secondary N) is 1. The van der Waals surface area contributed by atoms with E-state index in [1.807, 2.05) is 12.1 Å². The SMILES string of the molecule is O=C(c1cccc2[nH]c(=O)n(-c3cc(S(=O)(=O)N4CCCc5ccccc54)ccc3Cl)c(=O)c12)N1CCCC1. The number of aryl methyl sites for hydroxylation is 1. The van der Waals surface area contributed by atoms with Crippen LogP contribution < -0.4 is 15.6 Å². The van der Waals surface area contributed by atoms with E-state index in [-0.39, 0.29) is 38.0 Å². The van der Waals surface area contributed by atoms with Crippen LogP contribution in [0.2, 0.25) is 5.02 Å². The number of anilines is 1. The summed E-state index contributed by atoms with van der Waals surface area (Å²) >= 11 is 6.45. The molecule has 3 heterocycles. The van der Waals surface area contributed by atoms with E-state index < -0.39 is 21.3 Å². The molecule has 4 aromatic rings. The molecule has 11 heteroatoms. The van der Waals surface area contributed by atoms with Crippen LogP contribution in [0.3, 0.4) is 0 Å². The molecule has 0 unspecified atom stereocenters. The number of aromatic amines is 1. The monoisotopic (exact) mass is 564 g/mol. The predicted molar refractivity (Wildman–Crippen MR) is 150 cm³/mol. The number of halogens is 1. The van der Waals surface area contributed by atoms with Gasteiger partial charge in [-0.1, -0.05) is 35.9 Å². The Kier molecular flexibility index (Phi) is 6.31. The molecular formula is C28H25ClN4O5S. The highest BCUT2D eigenvalue weighted by atomic mass is 35.5. The van der Waals surface area contributed by atoms with Crippen molar-refractivity contribution >= 4 is 44.1 Å². The van der Waals surface area contributed by atoms with E-state index in [0.29, 0.717) is 31.7 Å². The van der Waals surface area contributed by atoms with Crippen LogP contribution in [0, 0.1) is 0 Å². The molecule has 0 spiro atoms. The molecule has 0 aliphatic carbocycles. The first-order valence-corrected chi connectivity index (χ1v) is 14.6. The van der Waals surface area contributed by atoms with Gasteiger partial charge in [0.2, 0.25) is 0 Å². The number of sulfonamides is 1. The van der Waals surface area contributed by atoms with E-state index >= 15 is 0 Å². The molecule has 0 saturated carbocycles. The molecule has 1 aromatic heterocycles. The second-order valence-electron chi connectivity index (χ2n) is 9.72. The smallest absolute Gasteiger partial charge is 0.333 e. The number of carbonyl (C=O) groups excluding carboxylic acids is 1. The molecule has 0 bridgehead atoms. The first-order valence-electron chi connectivity index (χ1n) is 12.8. The minimum Gasteiger partial charge on any atom is -0.339 e. The van der Waals surface area contributed by atoms with Crippen molar-refractivity contribution in [1.29, 1.82) is 0 Å². The Balaban J connectivity index is 1.51. The summed E-state index contributed by atoms with van der Waals surface area (Å²) < 4.78 is 29.7. The zero-order valence-electron chi connectivity index (χ0n) is 20.9. The van der Waals surface area contributed by atoms with E-state index in [2.05, 4.69) is 4.98 Å². The van der Waals surface area contributed by atoms with Crippen molar-refractivity contribution in [3.63, 3.8) is 0 Å². The lowest BCUT2D eigenvalue weighted by Gasteiger charge is -2.30. The minimum atomic E-state index is -4.04. The lowest BCUT2D eigenvalue weighted by Crippen LogP contribution is -2.37. The van der Waals surface area contributed by atoms with Crippen molar-refractivity contribution in [1.82, 2.24) is 14.5 Å². The van der Waals surface area contributed by atoms with Crippen molar-refractivity contribution in [3.8, 4) is 5.69 Å². The predicted octanol–water partition coefficient (Wildman–Crippen LogP) is 3.71. The summed E-state index contributed by atoms with van der Waals surface area (Å²) in [6.45, 7) is 1.49. The first kappa shape index (κ1) is 25.4. The number of amides is 1. The average molecular weight is 565 g/mol. The molecule has 1 N–H and O–H groups in total. The molecule has 3 aromatic carbocycles. The molecule has 0 atom stereocenters. The Bertz CT molecular complexity index is 1860. The third-order valence-electron chi connectivity index (χ3n) is 7.36. The first-order chi connectivity index (χ1) is 18.8. The van der Waals surface area contributed by atoms with Crippen molar-refractivity contribution in [2.75, 3.05) is 23.9 Å². The lowest BCUT2D eigenvalue weighted by atomic mass is 10.0. The maximum absolute atomic E-state index is 13.8. The molecule has 39 heavy (non-hydrogen) atoms. The van der Waals surface area contributed by atoms with Gasteiger partial charge in [0.25, 0.3) is 21.5 Å². The van der Waals surface area contributed by atoms with Crippen molar-refractivity contribution in [2.45, 2.75) is 30.6 Å². The van der Waals surface area contributed by atoms with E-state index in [1.165, 1.54) is 22.5 Å². The van der Waals surface area contributed by atoms with Crippen molar-refractivity contribution < 1.29 is 13.2 Å². The molecule has 1 amide bonds. The summed E-state index contributed by atoms with van der Waals surface area (Å²) in [5, 5.41) is 0.0616. The number of rotatable bonds is 4. The summed E-state index contributed by atoms with van der Waals surface area (Å²) in [6, 6.07) is 16.0. The minimum absolute atomic E-state index is 0.0169. The fourth-order valence-corrected chi connectivity index (χ4v) is 7.21. The van der Waals surface area contributed by atoms with Gasteiger partial charge in [-0.25, -0.2) is 17.8 Å². The number of H-pyrrole nitrogens is 1. The molecule has 1 fully saturated rings. The van der Waals surface area contributed by atoms with Crippen LogP contribution in [0.5, 0.6) is 0 Å². The van der Waals surface area contributed by atoms with E-state index in [4.69, 9.17) is 11.6 Å². The standard InChI is InChI=1S/C28H25ClN4O5S/c29-21-13-12-19(39(37,38)32-16-6-8-18-7-1-2-11-23(18)32)17-24(21)33-27(35)25-20(26(34)31-14-3-4-15-31)9-5-10-22(25)30-28(33)36/h1-2,5,7,9-13,17H,3-4,6,8,14-16H2,(H,30,36). The highest BCUT2D eigenvalue weighted by Crippen LogP contribution is 2.33. The second-order valence-corrected chi connectivity index (χ2v) is 12.0. The maximum Gasteiger partial charge on any atom is 0.333 e. The normalized spacial score (nSPS) is 15.5. The number of hydrogen-bond acceptors (Lipinski definition) is 5. The summed E-state index contributed by atoms with van der Waals surface area (Å²) in [5.74, 6) is -0.292. The molecule has 2 aliphatic rings. The Morgan fingerprint density at radius 1 is 0.872 bits per heavy atom. The van der Waals surface area contributed by atoms with Gasteiger partial charge in [0.1, 0.15) is 0 Å². The van der Waals surface area contributed by atoms with Gasteiger partial charge in [0.05, 0.1) is 37.8 Å². The summed E-state index contributed by atoms with van der Waals surface area (Å²) in [4.78, 5) is 44.5. The van der Waals surface area contributed by atoms with Crippen LogP contribution in [0.15, 0.2) is 75.1 Å². The Hall–Kier alpha value is -3.89. The summed E-state index contributed by atoms with van der Waals surface area (Å²) in [6.07, 6.45) is 3.20. The van der Waals surface area contributed by atoms with Gasteiger partial charge in [0.15, 0.2) is 0 Å². The number of nitrogens with zero attached hydrogens (tertiary/aromatic N) is 3. The van der Waals surface area contributed by atoms with Gasteiger partial charge in [-0.15, -0.1) is 0 Å². The number of carbonyl (C=O) groups is 1. The van der Waals surface area contributed by atoms with Gasteiger partial charge >= 0.3 is 5.69 Å². The van der Waals surface area contributed by atoms with E-state index in [1.54, 1.807) is 35.2 Å². The molecular weight excluding hydrogens is 540 g/mol. The van der Waals surface area contributed by atoms with Crippen LogP contribution >= 0.6 is 11.6 Å². The van der Waals surface area contributed by atoms with Crippen molar-refractivity contribution in [2.24, 2.45) is 0 Å². The number of aromatic nitrogens is 2. The fourth-order valence-electron chi connectivity index (χ4n) is 5.45. The van der Waals surface area contributed by atoms with Gasteiger partial charge < -0.3 is 9.88 Å². The highest BCUT2D eigenvalue weighted by Gasteiger charge is 2.30. The Labute approximate surface area is 229 Å². The topological polar surface area (TPSA) is 113 Å². The van der Waals surface area contributed by atoms with Crippen LogP contribution in [0.4, 0.5) is 5.69 Å².